The summed E-state index contributed by atoms with van der Waals surface area (Å²) in [7, 11) is -2.09. The summed E-state index contributed by atoms with van der Waals surface area (Å²) in [6.07, 6.45) is 13.9. The van der Waals surface area contributed by atoms with E-state index in [0.29, 0.717) is 35.9 Å². The van der Waals surface area contributed by atoms with Crippen molar-refractivity contribution in [1.29, 1.82) is 0 Å². The second-order valence-electron chi connectivity index (χ2n) is 17.1. The first kappa shape index (κ1) is 35.1. The topological polar surface area (TPSA) is 61.8 Å². The first-order chi connectivity index (χ1) is 20.1. The molecule has 4 unspecified atom stereocenters. The van der Waals surface area contributed by atoms with E-state index in [9.17, 15) is 9.59 Å². The Morgan fingerprint density at radius 2 is 1.84 bits per heavy atom. The molecule has 248 valence electrons. The van der Waals surface area contributed by atoms with Gasteiger partial charge in [0.1, 0.15) is 0 Å². The van der Waals surface area contributed by atoms with E-state index in [4.69, 9.17) is 13.9 Å². The molecule has 43 heavy (non-hydrogen) atoms. The Hall–Kier alpha value is 0.737. The normalized spacial score (nSPS) is 42.6. The zero-order valence-corrected chi connectivity index (χ0v) is 33.6. The fraction of sp³-hybridized carbons (Fsp3) is 0.943. The summed E-state index contributed by atoms with van der Waals surface area (Å²) in [6.45, 7) is 19.2. The molecule has 1 saturated heterocycles. The Balaban J connectivity index is 1.26. The molecule has 5 rings (SSSR count). The quantitative estimate of drug-likeness (QED) is 0.125. The first-order valence-electron chi connectivity index (χ1n) is 17.4. The van der Waals surface area contributed by atoms with Crippen LogP contribution in [-0.2, 0) is 23.5 Å². The fourth-order valence-corrected chi connectivity index (χ4v) is 18.7. The molecular formula is C35H59I2O5Si-. The van der Waals surface area contributed by atoms with Crippen LogP contribution in [0.25, 0.3) is 0 Å². The molecule has 5 nitrogen and oxygen atoms in total. The fourth-order valence-electron chi connectivity index (χ4n) is 10.2. The maximum atomic E-state index is 14.4. The number of rotatable bonds is 8. The van der Waals surface area contributed by atoms with Crippen LogP contribution < -0.4 is 17.2 Å². The van der Waals surface area contributed by atoms with Gasteiger partial charge in [-0.1, -0.05) is 20.8 Å². The van der Waals surface area contributed by atoms with Crippen molar-refractivity contribution in [2.75, 3.05) is 6.61 Å². The molecule has 5 aliphatic rings. The van der Waals surface area contributed by atoms with Crippen molar-refractivity contribution in [3.63, 3.8) is 0 Å². The van der Waals surface area contributed by atoms with Crippen molar-refractivity contribution < 1.29 is 40.7 Å². The number of ketones is 1. The number of alkyl halides is 1. The SMILES string of the molecule is C[C@@H](CCC(=O)O[Si](C)(C)C(C)(C)C)[C@H]1CCC2C3C(=O)C[C@]4([I-]I)C[C@@H](OC5CCCCO5)CC[C@]4(C)C3CC[C@@]21C. The van der Waals surface area contributed by atoms with Crippen LogP contribution in [0.2, 0.25) is 18.1 Å². The summed E-state index contributed by atoms with van der Waals surface area (Å²) >= 11 is 2.56. The van der Waals surface area contributed by atoms with E-state index in [0.717, 1.165) is 45.1 Å². The van der Waals surface area contributed by atoms with E-state index >= 15 is 0 Å². The molecule has 0 bridgehead atoms. The molecule has 0 aromatic heterocycles. The predicted octanol–water partition coefficient (Wildman–Crippen LogP) is 6.26. The van der Waals surface area contributed by atoms with E-state index in [1.165, 1.54) is 38.5 Å². The van der Waals surface area contributed by atoms with Gasteiger partial charge >= 0.3 is 238 Å². The zero-order chi connectivity index (χ0) is 31.4. The summed E-state index contributed by atoms with van der Waals surface area (Å²) in [5, 5.41) is 0.0369. The van der Waals surface area contributed by atoms with Gasteiger partial charge in [-0.05, 0) is 18.1 Å². The Kier molecular flexibility index (Phi) is 10.6. The molecule has 5 fully saturated rings. The molecule has 0 aromatic rings. The van der Waals surface area contributed by atoms with Crippen LogP contribution in [-0.4, -0.2) is 42.5 Å². The summed E-state index contributed by atoms with van der Waals surface area (Å²) in [6, 6.07) is 0. The van der Waals surface area contributed by atoms with Crippen LogP contribution >= 0.6 is 18.6 Å². The summed E-state index contributed by atoms with van der Waals surface area (Å²) in [4.78, 5) is 27.3. The molecule has 0 radical (unpaired) electrons. The van der Waals surface area contributed by atoms with E-state index in [-0.39, 0.29) is 60.8 Å². The van der Waals surface area contributed by atoms with E-state index in [1.54, 1.807) is 0 Å². The first-order valence-corrected chi connectivity index (χ1v) is 27.6. The van der Waals surface area contributed by atoms with Crippen LogP contribution in [0.3, 0.4) is 0 Å². The van der Waals surface area contributed by atoms with Crippen molar-refractivity contribution in [3.8, 4) is 0 Å². The second kappa shape index (κ2) is 13.0. The maximum absolute atomic E-state index is 14.4. The van der Waals surface area contributed by atoms with Gasteiger partial charge in [0.05, 0.1) is 0 Å². The predicted molar refractivity (Wildman–Crippen MR) is 179 cm³/mol. The van der Waals surface area contributed by atoms with Gasteiger partial charge in [0.15, 0.2) is 0 Å². The third-order valence-electron chi connectivity index (χ3n) is 13.8. The number of carbonyl (C=O) groups excluding carboxylic acids is 2. The molecule has 0 spiro atoms. The zero-order valence-electron chi connectivity index (χ0n) is 28.2. The van der Waals surface area contributed by atoms with Crippen molar-refractivity contribution in [2.45, 2.75) is 159 Å². The molecule has 0 aromatic carbocycles. The van der Waals surface area contributed by atoms with Gasteiger partial charge in [-0.3, -0.25) is 0 Å². The van der Waals surface area contributed by atoms with Crippen molar-refractivity contribution >= 4 is 38.7 Å². The molecule has 8 heteroatoms. The van der Waals surface area contributed by atoms with E-state index < -0.39 is 8.32 Å². The van der Waals surface area contributed by atoms with Gasteiger partial charge < -0.3 is 0 Å². The van der Waals surface area contributed by atoms with Crippen LogP contribution in [0, 0.1) is 40.4 Å². The molecular weight excluding hydrogens is 782 g/mol. The Labute approximate surface area is 283 Å². The number of carbonyl (C=O) groups is 2. The minimum absolute atomic E-state index is 0.00898. The van der Waals surface area contributed by atoms with Crippen LogP contribution in [0.15, 0.2) is 0 Å². The number of hydrogen-bond donors (Lipinski definition) is 0. The number of Topliss-reactive ketones (excluding diaryl/α,β-unsaturated/α-hetero) is 1. The monoisotopic (exact) mass is 841 g/mol. The molecule has 0 N–H and O–H groups in total. The van der Waals surface area contributed by atoms with Gasteiger partial charge in [-0.25, -0.2) is 0 Å². The molecule has 10 atom stereocenters. The second-order valence-corrected chi connectivity index (χ2v) is 27.0. The van der Waals surface area contributed by atoms with Crippen LogP contribution in [0.4, 0.5) is 0 Å². The summed E-state index contributed by atoms with van der Waals surface area (Å²) < 4.78 is 18.8. The molecule has 4 saturated carbocycles. The van der Waals surface area contributed by atoms with Gasteiger partial charge in [0.25, 0.3) is 8.32 Å². The van der Waals surface area contributed by atoms with Gasteiger partial charge in [0.2, 0.25) is 0 Å². The Bertz CT molecular complexity index is 1040. The number of halogens is 2. The average Bonchev–Trinajstić information content (AvgIpc) is 3.29. The number of ether oxygens (including phenoxy) is 2. The third-order valence-corrected chi connectivity index (χ3v) is 26.3. The third kappa shape index (κ3) is 6.47. The van der Waals surface area contributed by atoms with E-state index in [1.807, 2.05) is 0 Å². The van der Waals surface area contributed by atoms with Crippen molar-refractivity contribution in [3.05, 3.63) is 0 Å². The van der Waals surface area contributed by atoms with Gasteiger partial charge in [0, 0.05) is 0 Å². The minimum atomic E-state index is -2.09. The standard InChI is InChI=1S/C35H59I2O5Si/c1-23(12-15-29(39)42-43(7,8)32(2,3)4)25-13-14-26-31-27(17-18-33(25,26)5)34(6)19-16-24(41-30-11-9-10-20-40-30)21-35(34,37-36)22-28(31)38/h23-27,30-31H,9-22H2,1-8H3/q-1/t23-,24-,25+,26?,27?,30?,31?,33+,34+,35+/m0/s1. The molecule has 1 heterocycles. The van der Waals surface area contributed by atoms with Crippen LogP contribution in [0.5, 0.6) is 0 Å². The summed E-state index contributed by atoms with van der Waals surface area (Å²) in [5.41, 5.74) is 0.444. The average molecular weight is 842 g/mol. The van der Waals surface area contributed by atoms with Crippen molar-refractivity contribution in [1.82, 2.24) is 0 Å². The molecule has 0 amide bonds. The van der Waals surface area contributed by atoms with Gasteiger partial charge in [-0.2, -0.15) is 0 Å². The molecule has 4 aliphatic carbocycles. The van der Waals surface area contributed by atoms with Gasteiger partial charge in [-0.15, -0.1) is 0 Å². The van der Waals surface area contributed by atoms with Crippen molar-refractivity contribution in [2.24, 2.45) is 40.4 Å². The number of hydrogen-bond acceptors (Lipinski definition) is 5. The number of fused-ring (bicyclic) bond motifs is 5. The van der Waals surface area contributed by atoms with E-state index in [2.05, 4.69) is 73.3 Å². The van der Waals surface area contributed by atoms with Crippen LogP contribution in [0.1, 0.15) is 125 Å². The Morgan fingerprint density at radius 3 is 2.49 bits per heavy atom. The summed E-state index contributed by atoms with van der Waals surface area (Å²) in [5.74, 6) is 2.87. The molecule has 1 aliphatic heterocycles. The Morgan fingerprint density at radius 1 is 1.09 bits per heavy atom.